The Labute approximate surface area is 123 Å². The Balaban J connectivity index is 1.91. The smallest absolute Gasteiger partial charge is 0.345 e. The Morgan fingerprint density at radius 3 is 2.45 bits per heavy atom. The van der Waals surface area contributed by atoms with Gasteiger partial charge in [-0.3, -0.25) is 4.79 Å². The summed E-state index contributed by atoms with van der Waals surface area (Å²) >= 11 is 1.22. The van der Waals surface area contributed by atoms with Gasteiger partial charge in [0.05, 0.1) is 6.54 Å². The zero-order valence-electron chi connectivity index (χ0n) is 11.8. The van der Waals surface area contributed by atoms with Gasteiger partial charge in [0, 0.05) is 10.3 Å². The van der Waals surface area contributed by atoms with Crippen molar-refractivity contribution in [1.29, 1.82) is 0 Å². The van der Waals surface area contributed by atoms with E-state index in [2.05, 4.69) is 5.32 Å². The molecule has 0 saturated heterocycles. The number of nitrogens with one attached hydrogen (secondary N) is 1. The van der Waals surface area contributed by atoms with E-state index in [1.807, 2.05) is 6.92 Å². The lowest BCUT2D eigenvalue weighted by Crippen LogP contribution is -2.38. The predicted octanol–water partition coefficient (Wildman–Crippen LogP) is 3.42. The maximum Gasteiger partial charge on any atom is 0.345 e. The topological polar surface area (TPSA) is 66.4 Å². The maximum atomic E-state index is 12.4. The third-order valence-corrected chi connectivity index (χ3v) is 5.12. The lowest BCUT2D eigenvalue weighted by atomic mass is 9.81. The highest BCUT2D eigenvalue weighted by atomic mass is 32.1. The monoisotopic (exact) mass is 295 g/mol. The van der Waals surface area contributed by atoms with Crippen LogP contribution in [0.25, 0.3) is 0 Å². The molecule has 1 aliphatic rings. The first kappa shape index (κ1) is 15.0. The molecule has 20 heavy (non-hydrogen) atoms. The fraction of sp³-hybridized carbons (Fsp3) is 0.600. The second-order valence-electron chi connectivity index (χ2n) is 5.73. The molecule has 0 atom stereocenters. The van der Waals surface area contributed by atoms with E-state index in [0.717, 1.165) is 30.6 Å². The number of hydrogen-bond acceptors (Lipinski definition) is 3. The summed E-state index contributed by atoms with van der Waals surface area (Å²) in [7, 11) is 0. The molecule has 0 bridgehead atoms. The fourth-order valence-electron chi connectivity index (χ4n) is 2.70. The minimum atomic E-state index is -0.914. The molecule has 0 radical (unpaired) electrons. The zero-order chi connectivity index (χ0) is 14.6. The first-order valence-corrected chi connectivity index (χ1v) is 7.93. The van der Waals surface area contributed by atoms with Crippen molar-refractivity contribution >= 4 is 23.2 Å². The summed E-state index contributed by atoms with van der Waals surface area (Å²) in [5.41, 5.74) is -0.261. The van der Waals surface area contributed by atoms with Gasteiger partial charge in [0.15, 0.2) is 0 Å². The molecule has 0 spiro atoms. The third kappa shape index (κ3) is 3.60. The molecule has 2 N–H and O–H groups in total. The predicted molar refractivity (Wildman–Crippen MR) is 78.9 cm³/mol. The van der Waals surface area contributed by atoms with Gasteiger partial charge >= 0.3 is 5.97 Å². The molecule has 1 fully saturated rings. The van der Waals surface area contributed by atoms with Crippen LogP contribution in [0.5, 0.6) is 0 Å². The average Bonchev–Trinajstić information content (AvgIpc) is 2.78. The van der Waals surface area contributed by atoms with E-state index in [1.54, 1.807) is 12.1 Å². The number of carbonyl (C=O) groups is 2. The van der Waals surface area contributed by atoms with Crippen molar-refractivity contribution in [2.75, 3.05) is 0 Å². The summed E-state index contributed by atoms with van der Waals surface area (Å²) in [6.45, 7) is 2.47. The summed E-state index contributed by atoms with van der Waals surface area (Å²) < 4.78 is 0. The highest BCUT2D eigenvalue weighted by Gasteiger charge is 2.33. The quantitative estimate of drug-likeness (QED) is 0.836. The van der Waals surface area contributed by atoms with Crippen molar-refractivity contribution < 1.29 is 14.7 Å². The molecule has 1 aromatic heterocycles. The van der Waals surface area contributed by atoms with Crippen molar-refractivity contribution in [3.8, 4) is 0 Å². The molecule has 110 valence electrons. The van der Waals surface area contributed by atoms with Crippen molar-refractivity contribution in [2.45, 2.75) is 52.0 Å². The molecule has 1 saturated carbocycles. The second-order valence-corrected chi connectivity index (χ2v) is 6.90. The van der Waals surface area contributed by atoms with Crippen LogP contribution in [0.4, 0.5) is 0 Å². The van der Waals surface area contributed by atoms with Crippen LogP contribution in [0, 0.1) is 5.41 Å². The average molecular weight is 295 g/mol. The van der Waals surface area contributed by atoms with Gasteiger partial charge in [-0.25, -0.2) is 4.79 Å². The minimum absolute atomic E-state index is 0.102. The molecule has 5 heteroatoms. The van der Waals surface area contributed by atoms with Crippen LogP contribution < -0.4 is 5.32 Å². The van der Waals surface area contributed by atoms with E-state index in [9.17, 15) is 9.59 Å². The number of carbonyl (C=O) groups excluding carboxylic acids is 1. The van der Waals surface area contributed by atoms with Crippen molar-refractivity contribution in [2.24, 2.45) is 5.41 Å². The van der Waals surface area contributed by atoms with Crippen LogP contribution in [-0.2, 0) is 11.3 Å². The molecule has 1 amide bonds. The third-order valence-electron chi connectivity index (χ3n) is 4.05. The highest BCUT2D eigenvalue weighted by molar-refractivity contribution is 7.13. The molecule has 0 aliphatic heterocycles. The van der Waals surface area contributed by atoms with Gasteiger partial charge in [0.25, 0.3) is 0 Å². The van der Waals surface area contributed by atoms with Crippen LogP contribution in [0.15, 0.2) is 12.1 Å². The Kier molecular flexibility index (Phi) is 4.81. The molecule has 4 nitrogen and oxygen atoms in total. The number of rotatable bonds is 4. The number of thiophene rings is 1. The summed E-state index contributed by atoms with van der Waals surface area (Å²) in [6.07, 6.45) is 6.57. The van der Waals surface area contributed by atoms with Gasteiger partial charge in [-0.05, 0) is 25.0 Å². The first-order valence-electron chi connectivity index (χ1n) is 7.12. The number of carboxylic acids is 1. The standard InChI is InChI=1S/C15H21NO3S/c1-15(8-4-2-3-5-9-15)14(19)16-10-11-6-7-12(20-11)13(17)18/h6-7H,2-5,8-10H2,1H3,(H,16,19)(H,17,18). The molecule has 1 aliphatic carbocycles. The van der Waals surface area contributed by atoms with E-state index in [-0.39, 0.29) is 11.3 Å². The van der Waals surface area contributed by atoms with Crippen LogP contribution >= 0.6 is 11.3 Å². The highest BCUT2D eigenvalue weighted by Crippen LogP contribution is 2.34. The number of amides is 1. The molecular formula is C15H21NO3S. The normalized spacial score (nSPS) is 18.2. The lowest BCUT2D eigenvalue weighted by molar-refractivity contribution is -0.131. The van der Waals surface area contributed by atoms with Crippen LogP contribution in [0.2, 0.25) is 0 Å². The van der Waals surface area contributed by atoms with Crippen molar-refractivity contribution in [3.63, 3.8) is 0 Å². The molecule has 0 unspecified atom stereocenters. The maximum absolute atomic E-state index is 12.4. The summed E-state index contributed by atoms with van der Waals surface area (Å²) in [6, 6.07) is 3.35. The first-order chi connectivity index (χ1) is 9.51. The zero-order valence-corrected chi connectivity index (χ0v) is 12.6. The second kappa shape index (κ2) is 6.39. The Morgan fingerprint density at radius 2 is 1.90 bits per heavy atom. The van der Waals surface area contributed by atoms with Crippen LogP contribution in [0.1, 0.15) is 60.0 Å². The fourth-order valence-corrected chi connectivity index (χ4v) is 3.49. The lowest BCUT2D eigenvalue weighted by Gasteiger charge is -2.26. The van der Waals surface area contributed by atoms with Crippen molar-refractivity contribution in [3.05, 3.63) is 21.9 Å². The summed E-state index contributed by atoms with van der Waals surface area (Å²) in [5, 5.41) is 11.8. The summed E-state index contributed by atoms with van der Waals surface area (Å²) in [4.78, 5) is 24.4. The van der Waals surface area contributed by atoms with Crippen LogP contribution in [0.3, 0.4) is 0 Å². The SMILES string of the molecule is CC1(C(=O)NCc2ccc(C(=O)O)s2)CCCCCC1. The van der Waals surface area contributed by atoms with E-state index < -0.39 is 5.97 Å². The van der Waals surface area contributed by atoms with E-state index in [1.165, 1.54) is 24.2 Å². The molecule has 1 aromatic rings. The Hall–Kier alpha value is -1.36. The number of aromatic carboxylic acids is 1. The Bertz CT molecular complexity index is 487. The number of carboxylic acid groups (broad SMARTS) is 1. The Morgan fingerprint density at radius 1 is 1.25 bits per heavy atom. The van der Waals surface area contributed by atoms with Gasteiger partial charge in [0.1, 0.15) is 4.88 Å². The molecule has 1 heterocycles. The number of hydrogen-bond donors (Lipinski definition) is 2. The van der Waals surface area contributed by atoms with Crippen molar-refractivity contribution in [1.82, 2.24) is 5.32 Å². The van der Waals surface area contributed by atoms with E-state index >= 15 is 0 Å². The van der Waals surface area contributed by atoms with Gasteiger partial charge in [-0.1, -0.05) is 32.6 Å². The molecular weight excluding hydrogens is 274 g/mol. The summed E-state index contributed by atoms with van der Waals surface area (Å²) in [5.74, 6) is -0.812. The van der Waals surface area contributed by atoms with E-state index in [0.29, 0.717) is 11.4 Å². The largest absolute Gasteiger partial charge is 0.477 e. The van der Waals surface area contributed by atoms with Gasteiger partial charge < -0.3 is 10.4 Å². The minimum Gasteiger partial charge on any atom is -0.477 e. The molecule has 2 rings (SSSR count). The van der Waals surface area contributed by atoms with Crippen LogP contribution in [-0.4, -0.2) is 17.0 Å². The van der Waals surface area contributed by atoms with Gasteiger partial charge in [0.2, 0.25) is 5.91 Å². The van der Waals surface area contributed by atoms with Gasteiger partial charge in [-0.2, -0.15) is 0 Å². The van der Waals surface area contributed by atoms with Gasteiger partial charge in [-0.15, -0.1) is 11.3 Å². The van der Waals surface area contributed by atoms with E-state index in [4.69, 9.17) is 5.11 Å². The molecule has 0 aromatic carbocycles.